The summed E-state index contributed by atoms with van der Waals surface area (Å²) in [7, 11) is 0. The Labute approximate surface area is 209 Å². The Bertz CT molecular complexity index is 2030. The molecular formula is C36H22. The van der Waals surface area contributed by atoms with E-state index in [9.17, 15) is 0 Å². The average Bonchev–Trinajstić information content (AvgIpc) is 2.95. The lowest BCUT2D eigenvalue weighted by Crippen LogP contribution is -1.91. The van der Waals surface area contributed by atoms with Gasteiger partial charge in [0.15, 0.2) is 0 Å². The van der Waals surface area contributed by atoms with E-state index in [1.165, 1.54) is 76.1 Å². The molecule has 0 saturated carbocycles. The van der Waals surface area contributed by atoms with E-state index in [-0.39, 0.29) is 0 Å². The Hall–Kier alpha value is -4.68. The Morgan fingerprint density at radius 2 is 0.806 bits per heavy atom. The fourth-order valence-electron chi connectivity index (χ4n) is 6.19. The standard InChI is InChI=1S/C36H22/c1-2-8-23(9-3-1)28-18-14-24-16-20-32-33(21-17-25-15-19-31(28)34(24)35(25)32)36-29-12-6-4-10-26(29)22-27-11-5-7-13-30(27)36/h1-22H. The van der Waals surface area contributed by atoms with Crippen LogP contribution in [0, 0.1) is 0 Å². The van der Waals surface area contributed by atoms with Gasteiger partial charge in [0.05, 0.1) is 0 Å². The molecule has 0 unspecified atom stereocenters. The maximum absolute atomic E-state index is 2.33. The molecule has 0 aliphatic heterocycles. The van der Waals surface area contributed by atoms with Gasteiger partial charge in [0, 0.05) is 0 Å². The average molecular weight is 455 g/mol. The van der Waals surface area contributed by atoms with Crippen LogP contribution in [0.2, 0.25) is 0 Å². The highest BCUT2D eigenvalue weighted by molar-refractivity contribution is 6.29. The van der Waals surface area contributed by atoms with Crippen molar-refractivity contribution < 1.29 is 0 Å². The summed E-state index contributed by atoms with van der Waals surface area (Å²) in [4.78, 5) is 0. The van der Waals surface area contributed by atoms with Gasteiger partial charge in [-0.3, -0.25) is 0 Å². The first-order chi connectivity index (χ1) is 17.9. The molecule has 0 nitrogen and oxygen atoms in total. The fourth-order valence-corrected chi connectivity index (χ4v) is 6.19. The lowest BCUT2D eigenvalue weighted by atomic mass is 9.85. The Kier molecular flexibility index (Phi) is 4.03. The molecule has 0 bridgehead atoms. The van der Waals surface area contributed by atoms with E-state index in [2.05, 4.69) is 133 Å². The molecule has 8 aromatic rings. The minimum atomic E-state index is 1.26. The zero-order valence-electron chi connectivity index (χ0n) is 19.7. The lowest BCUT2D eigenvalue weighted by Gasteiger charge is -2.18. The summed E-state index contributed by atoms with van der Waals surface area (Å²) in [6, 6.07) is 49.1. The summed E-state index contributed by atoms with van der Waals surface area (Å²) in [6.45, 7) is 0. The first-order valence-corrected chi connectivity index (χ1v) is 12.5. The van der Waals surface area contributed by atoms with Gasteiger partial charge in [-0.2, -0.15) is 0 Å². The molecule has 0 radical (unpaired) electrons. The predicted molar refractivity (Wildman–Crippen MR) is 156 cm³/mol. The first kappa shape index (κ1) is 19.6. The van der Waals surface area contributed by atoms with Gasteiger partial charge in [0.1, 0.15) is 0 Å². The van der Waals surface area contributed by atoms with Gasteiger partial charge in [0.25, 0.3) is 0 Å². The van der Waals surface area contributed by atoms with Crippen LogP contribution >= 0.6 is 0 Å². The molecule has 0 atom stereocenters. The monoisotopic (exact) mass is 454 g/mol. The van der Waals surface area contributed by atoms with E-state index in [4.69, 9.17) is 0 Å². The number of rotatable bonds is 2. The van der Waals surface area contributed by atoms with Crippen molar-refractivity contribution in [2.45, 2.75) is 0 Å². The normalized spacial score (nSPS) is 11.9. The van der Waals surface area contributed by atoms with Crippen LogP contribution in [0.3, 0.4) is 0 Å². The number of benzene rings is 8. The second-order valence-corrected chi connectivity index (χ2v) is 9.71. The molecule has 166 valence electrons. The molecule has 0 saturated heterocycles. The van der Waals surface area contributed by atoms with Gasteiger partial charge in [-0.25, -0.2) is 0 Å². The van der Waals surface area contributed by atoms with E-state index in [1.807, 2.05) is 0 Å². The van der Waals surface area contributed by atoms with Crippen molar-refractivity contribution in [3.05, 3.63) is 133 Å². The third-order valence-corrected chi connectivity index (χ3v) is 7.79. The molecular weight excluding hydrogens is 432 g/mol. The topological polar surface area (TPSA) is 0 Å². The molecule has 0 amide bonds. The lowest BCUT2D eigenvalue weighted by molar-refractivity contribution is 1.66. The third-order valence-electron chi connectivity index (χ3n) is 7.79. The van der Waals surface area contributed by atoms with Crippen LogP contribution in [0.15, 0.2) is 133 Å². The first-order valence-electron chi connectivity index (χ1n) is 12.5. The molecule has 0 spiro atoms. The molecule has 0 heteroatoms. The van der Waals surface area contributed by atoms with Crippen molar-refractivity contribution in [3.8, 4) is 22.3 Å². The van der Waals surface area contributed by atoms with Crippen LogP contribution in [0.5, 0.6) is 0 Å². The molecule has 36 heavy (non-hydrogen) atoms. The highest BCUT2D eigenvalue weighted by Crippen LogP contribution is 2.45. The van der Waals surface area contributed by atoms with Crippen molar-refractivity contribution in [1.29, 1.82) is 0 Å². The van der Waals surface area contributed by atoms with Crippen LogP contribution in [-0.2, 0) is 0 Å². The predicted octanol–water partition coefficient (Wildman–Crippen LogP) is 10.2. The summed E-state index contributed by atoms with van der Waals surface area (Å²) >= 11 is 0. The molecule has 8 aromatic carbocycles. The van der Waals surface area contributed by atoms with Crippen molar-refractivity contribution in [2.24, 2.45) is 0 Å². The molecule has 0 aliphatic rings. The Morgan fingerprint density at radius 1 is 0.306 bits per heavy atom. The highest BCUT2D eigenvalue weighted by Gasteiger charge is 2.17. The zero-order chi connectivity index (χ0) is 23.6. The summed E-state index contributed by atoms with van der Waals surface area (Å²) in [6.07, 6.45) is 0. The Balaban J connectivity index is 1.54. The smallest absolute Gasteiger partial charge is 0.00203 e. The maximum Gasteiger partial charge on any atom is -0.00203 e. The molecule has 0 aliphatic carbocycles. The van der Waals surface area contributed by atoms with Crippen LogP contribution in [0.4, 0.5) is 0 Å². The van der Waals surface area contributed by atoms with E-state index in [0.717, 1.165) is 0 Å². The van der Waals surface area contributed by atoms with Crippen molar-refractivity contribution >= 4 is 53.9 Å². The molecule has 0 fully saturated rings. The van der Waals surface area contributed by atoms with Gasteiger partial charge in [-0.05, 0) is 82.2 Å². The SMILES string of the molecule is c1ccc(-c2ccc3ccc4c(-c5c6ccccc6cc6ccccc56)ccc5ccc2c3c54)cc1. The summed E-state index contributed by atoms with van der Waals surface area (Å²) in [5.41, 5.74) is 5.18. The highest BCUT2D eigenvalue weighted by atomic mass is 14.2. The summed E-state index contributed by atoms with van der Waals surface area (Å²) < 4.78 is 0. The van der Waals surface area contributed by atoms with Crippen LogP contribution < -0.4 is 0 Å². The second-order valence-electron chi connectivity index (χ2n) is 9.71. The third kappa shape index (κ3) is 2.70. The summed E-state index contributed by atoms with van der Waals surface area (Å²) in [5, 5.41) is 13.1. The van der Waals surface area contributed by atoms with E-state index in [0.29, 0.717) is 0 Å². The number of hydrogen-bond donors (Lipinski definition) is 0. The largest absolute Gasteiger partial charge is 0.0622 e. The minimum Gasteiger partial charge on any atom is -0.0622 e. The Morgan fingerprint density at radius 3 is 1.44 bits per heavy atom. The van der Waals surface area contributed by atoms with Crippen LogP contribution in [0.25, 0.3) is 76.1 Å². The van der Waals surface area contributed by atoms with Crippen molar-refractivity contribution in [3.63, 3.8) is 0 Å². The van der Waals surface area contributed by atoms with E-state index >= 15 is 0 Å². The van der Waals surface area contributed by atoms with Crippen LogP contribution in [-0.4, -0.2) is 0 Å². The molecule has 0 N–H and O–H groups in total. The van der Waals surface area contributed by atoms with Crippen molar-refractivity contribution in [1.82, 2.24) is 0 Å². The quantitative estimate of drug-likeness (QED) is 0.180. The zero-order valence-corrected chi connectivity index (χ0v) is 19.7. The second kappa shape index (κ2) is 7.41. The fraction of sp³-hybridized carbons (Fsp3) is 0. The van der Waals surface area contributed by atoms with Gasteiger partial charge < -0.3 is 0 Å². The van der Waals surface area contributed by atoms with Crippen LogP contribution in [0.1, 0.15) is 0 Å². The van der Waals surface area contributed by atoms with Gasteiger partial charge in [-0.15, -0.1) is 0 Å². The number of hydrogen-bond acceptors (Lipinski definition) is 0. The maximum atomic E-state index is 2.33. The van der Waals surface area contributed by atoms with E-state index < -0.39 is 0 Å². The van der Waals surface area contributed by atoms with Gasteiger partial charge in [0.2, 0.25) is 0 Å². The van der Waals surface area contributed by atoms with Crippen molar-refractivity contribution in [2.75, 3.05) is 0 Å². The van der Waals surface area contributed by atoms with Gasteiger partial charge in [-0.1, -0.05) is 127 Å². The molecule has 0 aromatic heterocycles. The summed E-state index contributed by atoms with van der Waals surface area (Å²) in [5.74, 6) is 0. The molecule has 0 heterocycles. The minimum absolute atomic E-state index is 1.26. The molecule has 8 rings (SSSR count). The van der Waals surface area contributed by atoms with Gasteiger partial charge >= 0.3 is 0 Å². The van der Waals surface area contributed by atoms with E-state index in [1.54, 1.807) is 0 Å². The number of fused-ring (bicyclic) bond motifs is 2.